The monoisotopic (exact) mass is 850 g/mol. The molecule has 4 aromatic rings. The number of benzene rings is 2. The number of ketones is 1. The maximum atomic E-state index is 13.3. The molecule has 2 bridgehead atoms. The van der Waals surface area contributed by atoms with E-state index in [0.717, 1.165) is 73.5 Å². The number of carbonyl (C=O) groups excluding carboxylic acids is 1. The molecule has 63 heavy (non-hydrogen) atoms. The number of aromatic hydroxyl groups is 1. The number of ether oxygens (including phenoxy) is 2. The van der Waals surface area contributed by atoms with E-state index in [9.17, 15) is 25.2 Å². The zero-order valence-electron chi connectivity index (χ0n) is 35.9. The number of phenols is 1. The van der Waals surface area contributed by atoms with Crippen molar-refractivity contribution in [2.45, 2.75) is 133 Å². The summed E-state index contributed by atoms with van der Waals surface area (Å²) >= 11 is 0. The van der Waals surface area contributed by atoms with E-state index >= 15 is 0 Å². The van der Waals surface area contributed by atoms with Crippen LogP contribution >= 0.6 is 0 Å². The second-order valence-corrected chi connectivity index (χ2v) is 20.0. The van der Waals surface area contributed by atoms with E-state index in [-0.39, 0.29) is 60.0 Å². The zero-order valence-corrected chi connectivity index (χ0v) is 35.9. The summed E-state index contributed by atoms with van der Waals surface area (Å²) in [5.74, 6) is 10.5. The number of nitrogens with zero attached hydrogens (tertiary/aromatic N) is 1. The van der Waals surface area contributed by atoms with Crippen LogP contribution < -0.4 is 20.5 Å². The Labute approximate surface area is 368 Å². The van der Waals surface area contributed by atoms with Gasteiger partial charge in [0.2, 0.25) is 0 Å². The lowest BCUT2D eigenvalue weighted by Crippen LogP contribution is -2.45. The smallest absolute Gasteiger partial charge is 0.191 e. The number of fused-ring (bicyclic) bond motifs is 7. The predicted octanol–water partition coefficient (Wildman–Crippen LogP) is 7.40. The van der Waals surface area contributed by atoms with Gasteiger partial charge in [0.1, 0.15) is 23.7 Å². The van der Waals surface area contributed by atoms with Crippen molar-refractivity contribution in [2.75, 3.05) is 6.54 Å². The summed E-state index contributed by atoms with van der Waals surface area (Å²) in [6.07, 6.45) is 19.4. The van der Waals surface area contributed by atoms with Crippen LogP contribution in [0.4, 0.5) is 0 Å². The Morgan fingerprint density at radius 3 is 2.60 bits per heavy atom. The molecule has 328 valence electrons. The SMILES string of the molecule is C[C@@H]1C=C[C@@H]([C@@H](O)CC(=O)CCc2cc3c(cc2O)OC#CC2(CCCC2)[C@@H]2C#C[C@H](O)c4ccc5c6c4[C@H](c4c[nH]c7cn(cc47)[C@@H]2O3)C2(CCCC2)C[C@@H]6CN[C@@H]5N)[C@H](O)C1. The summed E-state index contributed by atoms with van der Waals surface area (Å²) in [7, 11) is 0. The van der Waals surface area contributed by atoms with E-state index in [2.05, 4.69) is 69.5 Å². The summed E-state index contributed by atoms with van der Waals surface area (Å²) in [6.45, 7) is 2.83. The van der Waals surface area contributed by atoms with Crippen molar-refractivity contribution < 1.29 is 34.7 Å². The number of carbonyl (C=O) groups is 1. The van der Waals surface area contributed by atoms with Crippen LogP contribution in [-0.2, 0) is 11.2 Å². The molecule has 8 N–H and O–H groups in total. The van der Waals surface area contributed by atoms with E-state index in [1.54, 1.807) is 6.07 Å². The summed E-state index contributed by atoms with van der Waals surface area (Å²) in [5.41, 5.74) is 13.3. The number of nitrogens with one attached hydrogen (secondary N) is 2. The first-order valence-corrected chi connectivity index (χ1v) is 23.3. The molecular formula is C52H58N4O7. The van der Waals surface area contributed by atoms with Crippen molar-refractivity contribution in [3.8, 4) is 41.1 Å². The Bertz CT molecular complexity index is 2630. The van der Waals surface area contributed by atoms with Crippen LogP contribution in [0.15, 0.2) is 55.0 Å². The summed E-state index contributed by atoms with van der Waals surface area (Å²) in [5, 5.41) is 50.0. The van der Waals surface area contributed by atoms with Gasteiger partial charge in [-0.1, -0.05) is 74.7 Å². The van der Waals surface area contributed by atoms with E-state index in [0.29, 0.717) is 23.7 Å². The standard InChI is InChI=1S/C52H58N4O7/c1-29-6-9-33(42(60)20-29)43(61)22-32(57)8-7-30-21-45-44(23-41(30)59)62-19-18-51(14-2-3-15-51)38-12-13-40(58)34-10-11-35-46-31(25-55-49(35)53)24-52(16-4-5-17-52)48(47(34)46)36-26-54-39-28-56(27-37(36)39)50(38)63-45/h6,9-11,21,23,26-29,31,33,38,40,42-43,48-50,54-55,58-61H,2-5,7-8,14-17,20,22,24-25,53H2,1H3/t29-,31-,33-,38-,40+,42-,43+,48+,49+,50-/m1/s1. The third-order valence-electron chi connectivity index (χ3n) is 16.2. The first kappa shape index (κ1) is 40.7. The van der Waals surface area contributed by atoms with Gasteiger partial charge < -0.3 is 45.2 Å². The maximum Gasteiger partial charge on any atom is 0.191 e. The highest BCUT2D eigenvalue weighted by Gasteiger charge is 2.53. The highest BCUT2D eigenvalue weighted by Crippen LogP contribution is 2.64. The van der Waals surface area contributed by atoms with Crippen molar-refractivity contribution >= 4 is 16.7 Å². The Kier molecular flexibility index (Phi) is 10.1. The molecule has 3 aliphatic heterocycles. The minimum absolute atomic E-state index is 0.0182. The van der Waals surface area contributed by atoms with Crippen molar-refractivity contribution in [3.05, 3.63) is 88.4 Å². The normalized spacial score (nSPS) is 31.0. The van der Waals surface area contributed by atoms with Gasteiger partial charge in [0, 0.05) is 61.3 Å². The van der Waals surface area contributed by atoms with Gasteiger partial charge in [-0.25, -0.2) is 0 Å². The first-order valence-electron chi connectivity index (χ1n) is 23.3. The van der Waals surface area contributed by atoms with Crippen LogP contribution in [0.5, 0.6) is 17.2 Å². The number of phenolic OH excluding ortho intramolecular Hbond substituents is 1. The van der Waals surface area contributed by atoms with Crippen LogP contribution in [0.25, 0.3) is 10.9 Å². The Balaban J connectivity index is 1.00. The molecule has 2 spiro atoms. The molecule has 2 saturated carbocycles. The lowest BCUT2D eigenvalue weighted by atomic mass is 9.55. The average molecular weight is 851 g/mol. The van der Waals surface area contributed by atoms with Gasteiger partial charge in [0.25, 0.3) is 0 Å². The van der Waals surface area contributed by atoms with Crippen LogP contribution in [-0.4, -0.2) is 54.5 Å². The summed E-state index contributed by atoms with van der Waals surface area (Å²) < 4.78 is 15.4. The average Bonchev–Trinajstić information content (AvgIpc) is 4.09. The number of hydrogen-bond donors (Lipinski definition) is 7. The number of aryl methyl sites for hydroxylation is 1. The molecule has 11 nitrogen and oxygen atoms in total. The molecule has 0 saturated heterocycles. The van der Waals surface area contributed by atoms with Gasteiger partial charge >= 0.3 is 0 Å². The molecule has 0 radical (unpaired) electrons. The first-order chi connectivity index (χ1) is 30.5. The predicted molar refractivity (Wildman–Crippen MR) is 237 cm³/mol. The molecule has 10 atom stereocenters. The van der Waals surface area contributed by atoms with Crippen LogP contribution in [0, 0.1) is 52.5 Å². The number of H-pyrrole nitrogens is 1. The molecule has 0 unspecified atom stereocenters. The number of rotatable bonds is 6. The summed E-state index contributed by atoms with van der Waals surface area (Å²) in [6, 6.07) is 7.41. The number of aliphatic hydroxyl groups excluding tert-OH is 3. The number of aromatic nitrogens is 2. The second kappa shape index (κ2) is 15.6. The van der Waals surface area contributed by atoms with Crippen molar-refractivity contribution in [1.29, 1.82) is 0 Å². The molecule has 4 aliphatic carbocycles. The lowest BCUT2D eigenvalue weighted by molar-refractivity contribution is -0.122. The maximum absolute atomic E-state index is 13.3. The van der Waals surface area contributed by atoms with Crippen LogP contribution in [0.2, 0.25) is 0 Å². The Hall–Kier alpha value is -5.01. The molecule has 11 rings (SSSR count). The van der Waals surface area contributed by atoms with E-state index in [4.69, 9.17) is 15.2 Å². The number of allylic oxidation sites excluding steroid dienone is 1. The minimum Gasteiger partial charge on any atom is -0.508 e. The third kappa shape index (κ3) is 6.82. The Morgan fingerprint density at radius 2 is 1.79 bits per heavy atom. The van der Waals surface area contributed by atoms with E-state index in [1.165, 1.54) is 35.6 Å². The lowest BCUT2D eigenvalue weighted by Gasteiger charge is -2.50. The zero-order chi connectivity index (χ0) is 43.2. The third-order valence-corrected chi connectivity index (χ3v) is 16.2. The molecular weight excluding hydrogens is 793 g/mol. The van der Waals surface area contributed by atoms with Crippen LogP contribution in [0.3, 0.4) is 0 Å². The van der Waals surface area contributed by atoms with Gasteiger partial charge in [0.15, 0.2) is 17.7 Å². The highest BCUT2D eigenvalue weighted by molar-refractivity contribution is 5.85. The van der Waals surface area contributed by atoms with Crippen molar-refractivity contribution in [3.63, 3.8) is 0 Å². The fourth-order valence-corrected chi connectivity index (χ4v) is 13.0. The minimum atomic E-state index is -1.07. The van der Waals surface area contributed by atoms with Gasteiger partial charge in [-0.15, -0.1) is 0 Å². The van der Waals surface area contributed by atoms with E-state index < -0.39 is 41.8 Å². The topological polar surface area (TPSA) is 175 Å². The number of aliphatic hydroxyl groups is 3. The fraction of sp³-hybridized carbons (Fsp3) is 0.519. The highest BCUT2D eigenvalue weighted by atomic mass is 16.5. The number of Topliss-reactive ketones (excluding diaryl/α,β-unsaturated/α-hetero) is 1. The molecule has 2 aromatic heterocycles. The number of hydrogen-bond acceptors (Lipinski definition) is 9. The molecule has 0 amide bonds. The molecule has 2 aromatic carbocycles. The summed E-state index contributed by atoms with van der Waals surface area (Å²) in [4.78, 5) is 16.9. The van der Waals surface area contributed by atoms with Gasteiger partial charge in [-0.3, -0.25) is 10.1 Å². The molecule has 7 aliphatic rings. The quantitative estimate of drug-likeness (QED) is 0.0771. The van der Waals surface area contributed by atoms with Crippen molar-refractivity contribution in [2.24, 2.45) is 34.3 Å². The van der Waals surface area contributed by atoms with E-state index in [1.807, 2.05) is 19.1 Å². The Morgan fingerprint density at radius 1 is 1.00 bits per heavy atom. The molecule has 5 heterocycles. The van der Waals surface area contributed by atoms with Crippen LogP contribution in [0.1, 0.15) is 148 Å². The second-order valence-electron chi connectivity index (χ2n) is 20.0. The van der Waals surface area contributed by atoms with Gasteiger partial charge in [0.05, 0.1) is 35.2 Å². The number of aromatic amines is 1. The largest absolute Gasteiger partial charge is 0.508 e. The van der Waals surface area contributed by atoms with Crippen molar-refractivity contribution in [1.82, 2.24) is 14.9 Å². The van der Waals surface area contributed by atoms with Gasteiger partial charge in [-0.2, -0.15) is 0 Å². The number of nitrogens with two attached hydrogens (primary N) is 1. The molecule has 2 fully saturated rings. The molecule has 11 heteroatoms. The van der Waals surface area contributed by atoms with Gasteiger partial charge in [-0.05, 0) is 102 Å². The fourth-order valence-electron chi connectivity index (χ4n) is 13.0.